The van der Waals surface area contributed by atoms with Crippen LogP contribution in [0.25, 0.3) is 5.82 Å². The van der Waals surface area contributed by atoms with E-state index in [0.717, 1.165) is 30.0 Å². The van der Waals surface area contributed by atoms with Crippen molar-refractivity contribution in [3.8, 4) is 5.82 Å². The van der Waals surface area contributed by atoms with Crippen molar-refractivity contribution in [2.24, 2.45) is 0 Å². The summed E-state index contributed by atoms with van der Waals surface area (Å²) < 4.78 is 1.77. The second-order valence-corrected chi connectivity index (χ2v) is 5.11. The van der Waals surface area contributed by atoms with E-state index in [0.29, 0.717) is 0 Å². The zero-order valence-corrected chi connectivity index (χ0v) is 11.5. The number of hydrogen-bond donors (Lipinski definition) is 1. The van der Waals surface area contributed by atoms with E-state index in [4.69, 9.17) is 0 Å². The van der Waals surface area contributed by atoms with E-state index < -0.39 is 0 Å². The molecule has 0 aromatic carbocycles. The third-order valence-corrected chi connectivity index (χ3v) is 3.80. The summed E-state index contributed by atoms with van der Waals surface area (Å²) in [5, 5.41) is 7.83. The van der Waals surface area contributed by atoms with Gasteiger partial charge in [0.1, 0.15) is 0 Å². The van der Waals surface area contributed by atoms with E-state index in [2.05, 4.69) is 26.4 Å². The van der Waals surface area contributed by atoms with Crippen LogP contribution in [-0.4, -0.2) is 19.7 Å². The standard InChI is InChI=1S/C16H15N5/c1-4-12-6-7-13(15(12)17-8-1)20-14-5-2-9-18-16(14)21-11-3-10-19-21/h1-5,8-11,13,20H,6-7H2. The molecule has 0 saturated heterocycles. The topological polar surface area (TPSA) is 55.6 Å². The van der Waals surface area contributed by atoms with Crippen LogP contribution in [0.1, 0.15) is 23.7 Å². The van der Waals surface area contributed by atoms with Gasteiger partial charge in [-0.15, -0.1) is 0 Å². The molecule has 1 aliphatic carbocycles. The third-order valence-electron chi connectivity index (χ3n) is 3.80. The molecule has 0 fully saturated rings. The van der Waals surface area contributed by atoms with Crippen LogP contribution in [0.5, 0.6) is 0 Å². The molecule has 0 spiro atoms. The van der Waals surface area contributed by atoms with Crippen LogP contribution in [0.3, 0.4) is 0 Å². The van der Waals surface area contributed by atoms with Crippen LogP contribution >= 0.6 is 0 Å². The van der Waals surface area contributed by atoms with Gasteiger partial charge in [-0.3, -0.25) is 4.98 Å². The van der Waals surface area contributed by atoms with E-state index in [1.807, 2.05) is 36.7 Å². The maximum absolute atomic E-state index is 4.52. The minimum absolute atomic E-state index is 0.236. The Labute approximate surface area is 122 Å². The molecule has 1 atom stereocenters. The maximum atomic E-state index is 4.52. The lowest BCUT2D eigenvalue weighted by Gasteiger charge is -2.16. The van der Waals surface area contributed by atoms with Crippen molar-refractivity contribution >= 4 is 5.69 Å². The first-order valence-corrected chi connectivity index (χ1v) is 7.07. The predicted molar refractivity (Wildman–Crippen MR) is 80.3 cm³/mol. The van der Waals surface area contributed by atoms with Gasteiger partial charge in [0.05, 0.1) is 17.4 Å². The minimum Gasteiger partial charge on any atom is -0.374 e. The Kier molecular flexibility index (Phi) is 2.88. The van der Waals surface area contributed by atoms with Gasteiger partial charge in [-0.2, -0.15) is 5.10 Å². The summed E-state index contributed by atoms with van der Waals surface area (Å²) in [5.41, 5.74) is 3.46. The second kappa shape index (κ2) is 5.01. The first-order valence-electron chi connectivity index (χ1n) is 7.07. The van der Waals surface area contributed by atoms with Gasteiger partial charge in [0, 0.05) is 24.8 Å². The first-order chi connectivity index (χ1) is 10.4. The van der Waals surface area contributed by atoms with Gasteiger partial charge < -0.3 is 5.32 Å². The van der Waals surface area contributed by atoms with Crippen molar-refractivity contribution in [2.45, 2.75) is 18.9 Å². The van der Waals surface area contributed by atoms with Crippen LogP contribution in [0.15, 0.2) is 55.1 Å². The molecule has 3 aromatic heterocycles. The summed E-state index contributed by atoms with van der Waals surface area (Å²) >= 11 is 0. The van der Waals surface area contributed by atoms with Crippen molar-refractivity contribution < 1.29 is 0 Å². The van der Waals surface area contributed by atoms with Gasteiger partial charge >= 0.3 is 0 Å². The molecule has 5 nitrogen and oxygen atoms in total. The van der Waals surface area contributed by atoms with E-state index in [-0.39, 0.29) is 6.04 Å². The van der Waals surface area contributed by atoms with Crippen molar-refractivity contribution in [2.75, 3.05) is 5.32 Å². The third kappa shape index (κ3) is 2.16. The molecule has 3 aromatic rings. The largest absolute Gasteiger partial charge is 0.374 e. The number of aromatic nitrogens is 4. The Morgan fingerprint density at radius 1 is 1.05 bits per heavy atom. The summed E-state index contributed by atoms with van der Waals surface area (Å²) in [6.07, 6.45) is 9.41. The number of fused-ring (bicyclic) bond motifs is 1. The number of rotatable bonds is 3. The second-order valence-electron chi connectivity index (χ2n) is 5.11. The molecule has 0 amide bonds. The van der Waals surface area contributed by atoms with Gasteiger partial charge in [-0.05, 0) is 42.7 Å². The molecule has 5 heteroatoms. The van der Waals surface area contributed by atoms with Crippen LogP contribution in [0.4, 0.5) is 5.69 Å². The quantitative estimate of drug-likeness (QED) is 0.799. The number of aryl methyl sites for hydroxylation is 1. The number of nitrogens with one attached hydrogen (secondary N) is 1. The normalized spacial score (nSPS) is 16.7. The molecule has 21 heavy (non-hydrogen) atoms. The summed E-state index contributed by atoms with van der Waals surface area (Å²) in [5.74, 6) is 0.812. The SMILES string of the molecule is c1cnc2c(c1)CCC2Nc1cccnc1-n1cccn1. The zero-order valence-electron chi connectivity index (χ0n) is 11.5. The first kappa shape index (κ1) is 12.1. The van der Waals surface area contributed by atoms with E-state index in [9.17, 15) is 0 Å². The fourth-order valence-electron chi connectivity index (χ4n) is 2.83. The molecule has 1 aliphatic rings. The summed E-state index contributed by atoms with van der Waals surface area (Å²) in [4.78, 5) is 8.96. The number of anilines is 1. The molecule has 0 bridgehead atoms. The van der Waals surface area contributed by atoms with Gasteiger partial charge in [0.2, 0.25) is 0 Å². The van der Waals surface area contributed by atoms with Crippen LogP contribution in [0.2, 0.25) is 0 Å². The van der Waals surface area contributed by atoms with Gasteiger partial charge in [0.25, 0.3) is 0 Å². The monoisotopic (exact) mass is 277 g/mol. The van der Waals surface area contributed by atoms with Gasteiger partial charge in [0.15, 0.2) is 5.82 Å². The lowest BCUT2D eigenvalue weighted by atomic mass is 10.2. The number of nitrogens with zero attached hydrogens (tertiary/aromatic N) is 4. The Hall–Kier alpha value is -2.69. The number of pyridine rings is 2. The lowest BCUT2D eigenvalue weighted by molar-refractivity contribution is 0.740. The molecular weight excluding hydrogens is 262 g/mol. The highest BCUT2D eigenvalue weighted by Gasteiger charge is 2.24. The van der Waals surface area contributed by atoms with Crippen LogP contribution < -0.4 is 5.32 Å². The predicted octanol–water partition coefficient (Wildman–Crippen LogP) is 2.76. The molecular formula is C16H15N5. The highest BCUT2D eigenvalue weighted by atomic mass is 15.3. The Balaban J connectivity index is 1.67. The summed E-state index contributed by atoms with van der Waals surface area (Å²) in [7, 11) is 0. The van der Waals surface area contributed by atoms with Gasteiger partial charge in [-0.1, -0.05) is 6.07 Å². The smallest absolute Gasteiger partial charge is 0.176 e. The van der Waals surface area contributed by atoms with E-state index in [1.54, 1.807) is 17.1 Å². The van der Waals surface area contributed by atoms with Crippen molar-refractivity contribution in [3.63, 3.8) is 0 Å². The molecule has 0 radical (unpaired) electrons. The fourth-order valence-corrected chi connectivity index (χ4v) is 2.83. The van der Waals surface area contributed by atoms with E-state index >= 15 is 0 Å². The Morgan fingerprint density at radius 3 is 2.86 bits per heavy atom. The average Bonchev–Trinajstić information content (AvgIpc) is 3.18. The minimum atomic E-state index is 0.236. The molecule has 0 saturated carbocycles. The van der Waals surface area contributed by atoms with Crippen LogP contribution in [0, 0.1) is 0 Å². The fraction of sp³-hybridized carbons (Fsp3) is 0.188. The Morgan fingerprint density at radius 2 is 1.95 bits per heavy atom. The lowest BCUT2D eigenvalue weighted by Crippen LogP contribution is -2.12. The molecule has 4 rings (SSSR count). The molecule has 3 heterocycles. The molecule has 104 valence electrons. The average molecular weight is 277 g/mol. The molecule has 1 unspecified atom stereocenters. The van der Waals surface area contributed by atoms with Crippen molar-refractivity contribution in [3.05, 3.63) is 66.4 Å². The van der Waals surface area contributed by atoms with Crippen molar-refractivity contribution in [1.82, 2.24) is 19.7 Å². The zero-order chi connectivity index (χ0) is 14.1. The summed E-state index contributed by atoms with van der Waals surface area (Å²) in [6, 6.07) is 10.3. The molecule has 0 aliphatic heterocycles. The highest BCUT2D eigenvalue weighted by molar-refractivity contribution is 5.58. The summed E-state index contributed by atoms with van der Waals surface area (Å²) in [6.45, 7) is 0. The number of hydrogen-bond acceptors (Lipinski definition) is 4. The van der Waals surface area contributed by atoms with Crippen LogP contribution in [-0.2, 0) is 6.42 Å². The van der Waals surface area contributed by atoms with E-state index in [1.165, 1.54) is 5.56 Å². The van der Waals surface area contributed by atoms with Gasteiger partial charge in [-0.25, -0.2) is 9.67 Å². The van der Waals surface area contributed by atoms with Crippen molar-refractivity contribution in [1.29, 1.82) is 0 Å². The Bertz CT molecular complexity index is 751. The molecule has 1 N–H and O–H groups in total. The maximum Gasteiger partial charge on any atom is 0.176 e. The highest BCUT2D eigenvalue weighted by Crippen LogP contribution is 2.33.